The Hall–Kier alpha value is -2.24. The zero-order valence-corrected chi connectivity index (χ0v) is 10.6. The molecule has 0 atom stereocenters. The highest BCUT2D eigenvalue weighted by Crippen LogP contribution is 2.17. The van der Waals surface area contributed by atoms with Gasteiger partial charge in [-0.1, -0.05) is 26.8 Å². The van der Waals surface area contributed by atoms with Crippen LogP contribution in [0.4, 0.5) is 5.82 Å². The second kappa shape index (κ2) is 4.56. The number of anilines is 1. The van der Waals surface area contributed by atoms with Gasteiger partial charge in [0.1, 0.15) is 11.6 Å². The number of carbonyl (C=O) groups is 1. The van der Waals surface area contributed by atoms with Crippen molar-refractivity contribution in [3.05, 3.63) is 36.0 Å². The number of pyridine rings is 1. The second-order valence-corrected chi connectivity index (χ2v) is 4.93. The lowest BCUT2D eigenvalue weighted by Crippen LogP contribution is -2.16. The average molecular weight is 245 g/mol. The van der Waals surface area contributed by atoms with E-state index in [1.165, 1.54) is 0 Å². The third-order valence-corrected chi connectivity index (χ3v) is 2.31. The number of rotatable bonds is 2. The van der Waals surface area contributed by atoms with Gasteiger partial charge in [0.15, 0.2) is 0 Å². The fourth-order valence-corrected chi connectivity index (χ4v) is 1.31. The van der Waals surface area contributed by atoms with Gasteiger partial charge in [-0.25, -0.2) is 9.97 Å². The van der Waals surface area contributed by atoms with Gasteiger partial charge in [0.2, 0.25) is 5.82 Å². The topological polar surface area (TPSA) is 83.6 Å². The first-order valence-corrected chi connectivity index (χ1v) is 5.62. The van der Waals surface area contributed by atoms with Crippen LogP contribution in [0, 0.1) is 0 Å². The summed E-state index contributed by atoms with van der Waals surface area (Å²) in [5.74, 6) is 0.893. The molecule has 0 aliphatic carbocycles. The number of nitrogens with one attached hydrogen (secondary N) is 2. The van der Waals surface area contributed by atoms with Crippen LogP contribution in [0.2, 0.25) is 0 Å². The molecule has 0 aromatic carbocycles. The van der Waals surface area contributed by atoms with Gasteiger partial charge in [-0.3, -0.25) is 9.89 Å². The minimum absolute atomic E-state index is 0.116. The van der Waals surface area contributed by atoms with Crippen LogP contribution in [0.1, 0.15) is 37.2 Å². The van der Waals surface area contributed by atoms with Gasteiger partial charge in [0, 0.05) is 11.6 Å². The van der Waals surface area contributed by atoms with Gasteiger partial charge >= 0.3 is 0 Å². The highest BCUT2D eigenvalue weighted by Gasteiger charge is 2.21. The quantitative estimate of drug-likeness (QED) is 0.844. The van der Waals surface area contributed by atoms with E-state index < -0.39 is 0 Å². The molecule has 2 aromatic heterocycles. The Balaban J connectivity index is 2.13. The smallest absolute Gasteiger partial charge is 0.296 e. The van der Waals surface area contributed by atoms with Gasteiger partial charge in [0.05, 0.1) is 0 Å². The lowest BCUT2D eigenvalue weighted by molar-refractivity contribution is 0.101. The van der Waals surface area contributed by atoms with E-state index in [9.17, 15) is 4.79 Å². The molecule has 0 saturated carbocycles. The van der Waals surface area contributed by atoms with E-state index in [1.807, 2.05) is 20.8 Å². The lowest BCUT2D eigenvalue weighted by Gasteiger charge is -2.12. The van der Waals surface area contributed by atoms with Crippen molar-refractivity contribution in [2.45, 2.75) is 26.2 Å². The van der Waals surface area contributed by atoms with Crippen molar-refractivity contribution in [1.82, 2.24) is 20.2 Å². The number of hydrogen-bond acceptors (Lipinski definition) is 4. The molecule has 0 spiro atoms. The summed E-state index contributed by atoms with van der Waals surface area (Å²) in [6.07, 6.45) is 1.61. The maximum atomic E-state index is 11.9. The summed E-state index contributed by atoms with van der Waals surface area (Å²) >= 11 is 0. The van der Waals surface area contributed by atoms with Crippen molar-refractivity contribution in [1.29, 1.82) is 0 Å². The van der Waals surface area contributed by atoms with Crippen LogP contribution in [0.15, 0.2) is 24.4 Å². The standard InChI is InChI=1S/C12H15N5O/c1-12(2,3)11-15-9(16-17-11)10(18)14-8-6-4-5-7-13-8/h4-7H,1-3H3,(H,13,14,18)(H,15,16,17). The number of hydrogen-bond donors (Lipinski definition) is 2. The lowest BCUT2D eigenvalue weighted by atomic mass is 9.96. The van der Waals surface area contributed by atoms with Crippen LogP contribution in [-0.4, -0.2) is 26.1 Å². The summed E-state index contributed by atoms with van der Waals surface area (Å²) < 4.78 is 0. The molecule has 18 heavy (non-hydrogen) atoms. The number of amides is 1. The fraction of sp³-hybridized carbons (Fsp3) is 0.333. The summed E-state index contributed by atoms with van der Waals surface area (Å²) in [4.78, 5) is 20.0. The highest BCUT2D eigenvalue weighted by atomic mass is 16.2. The molecule has 2 aromatic rings. The Bertz CT molecular complexity index is 541. The van der Waals surface area contributed by atoms with Crippen molar-refractivity contribution >= 4 is 11.7 Å². The Morgan fingerprint density at radius 1 is 1.33 bits per heavy atom. The van der Waals surface area contributed by atoms with Crippen LogP contribution in [0.3, 0.4) is 0 Å². The van der Waals surface area contributed by atoms with E-state index in [4.69, 9.17) is 0 Å². The first-order valence-electron chi connectivity index (χ1n) is 5.62. The first kappa shape index (κ1) is 12.2. The summed E-state index contributed by atoms with van der Waals surface area (Å²) in [6.45, 7) is 5.98. The maximum absolute atomic E-state index is 11.9. The number of aromatic amines is 1. The van der Waals surface area contributed by atoms with Crippen molar-refractivity contribution in [3.63, 3.8) is 0 Å². The van der Waals surface area contributed by atoms with Gasteiger partial charge in [-0.2, -0.15) is 0 Å². The van der Waals surface area contributed by atoms with Crippen molar-refractivity contribution in [2.75, 3.05) is 5.32 Å². The molecular formula is C12H15N5O. The molecule has 2 heterocycles. The van der Waals surface area contributed by atoms with E-state index in [1.54, 1.807) is 24.4 Å². The van der Waals surface area contributed by atoms with Crippen molar-refractivity contribution in [2.24, 2.45) is 0 Å². The largest absolute Gasteiger partial charge is 0.304 e. The molecule has 1 amide bonds. The van der Waals surface area contributed by atoms with Crippen LogP contribution >= 0.6 is 0 Å². The SMILES string of the molecule is CC(C)(C)c1nc(C(=O)Nc2ccccn2)n[nH]1. The Labute approximate surface area is 105 Å². The number of nitrogens with zero attached hydrogens (tertiary/aromatic N) is 3. The van der Waals surface area contributed by atoms with E-state index in [0.717, 1.165) is 0 Å². The average Bonchev–Trinajstić information content (AvgIpc) is 2.79. The normalized spacial score (nSPS) is 11.3. The third-order valence-electron chi connectivity index (χ3n) is 2.31. The molecule has 0 aliphatic heterocycles. The third kappa shape index (κ3) is 2.71. The molecular weight excluding hydrogens is 230 g/mol. The molecule has 0 unspecified atom stereocenters. The van der Waals surface area contributed by atoms with Gasteiger partial charge < -0.3 is 5.32 Å². The summed E-state index contributed by atoms with van der Waals surface area (Å²) in [7, 11) is 0. The molecule has 0 radical (unpaired) electrons. The molecule has 0 aliphatic rings. The number of carbonyl (C=O) groups excluding carboxylic acids is 1. The molecule has 0 fully saturated rings. The zero-order valence-electron chi connectivity index (χ0n) is 10.6. The highest BCUT2D eigenvalue weighted by molar-refractivity contribution is 6.00. The van der Waals surface area contributed by atoms with Crippen LogP contribution in [0.5, 0.6) is 0 Å². The van der Waals surface area contributed by atoms with Crippen LogP contribution in [0.25, 0.3) is 0 Å². The van der Waals surface area contributed by atoms with Gasteiger partial charge in [0.25, 0.3) is 5.91 Å². The Morgan fingerprint density at radius 2 is 2.11 bits per heavy atom. The summed E-state index contributed by atoms with van der Waals surface area (Å²) in [5, 5.41) is 9.30. The monoisotopic (exact) mass is 245 g/mol. The fourth-order valence-electron chi connectivity index (χ4n) is 1.31. The van der Waals surface area contributed by atoms with Crippen molar-refractivity contribution < 1.29 is 4.79 Å². The van der Waals surface area contributed by atoms with E-state index in [-0.39, 0.29) is 17.1 Å². The predicted octanol–water partition coefficient (Wildman–Crippen LogP) is 1.75. The molecule has 2 rings (SSSR count). The minimum Gasteiger partial charge on any atom is -0.304 e. The summed E-state index contributed by atoms with van der Waals surface area (Å²) in [5.41, 5.74) is -0.170. The number of H-pyrrole nitrogens is 1. The van der Waals surface area contributed by atoms with Crippen molar-refractivity contribution in [3.8, 4) is 0 Å². The second-order valence-electron chi connectivity index (χ2n) is 4.93. The maximum Gasteiger partial charge on any atom is 0.296 e. The zero-order chi connectivity index (χ0) is 13.2. The Kier molecular flexibility index (Phi) is 3.10. The van der Waals surface area contributed by atoms with E-state index in [2.05, 4.69) is 25.5 Å². The molecule has 94 valence electrons. The molecule has 0 saturated heterocycles. The van der Waals surface area contributed by atoms with Crippen LogP contribution in [-0.2, 0) is 5.41 Å². The summed E-state index contributed by atoms with van der Waals surface area (Å²) in [6, 6.07) is 5.27. The molecule has 2 N–H and O–H groups in total. The molecule has 6 nitrogen and oxygen atoms in total. The van der Waals surface area contributed by atoms with Crippen LogP contribution < -0.4 is 5.32 Å². The molecule has 6 heteroatoms. The molecule has 0 bridgehead atoms. The Morgan fingerprint density at radius 3 is 2.67 bits per heavy atom. The van der Waals surface area contributed by atoms with E-state index >= 15 is 0 Å². The predicted molar refractivity (Wildman–Crippen MR) is 67.3 cm³/mol. The first-order chi connectivity index (χ1) is 8.47. The number of aromatic nitrogens is 4. The minimum atomic E-state index is -0.375. The van der Waals surface area contributed by atoms with E-state index in [0.29, 0.717) is 11.6 Å². The van der Waals surface area contributed by atoms with Gasteiger partial charge in [-0.15, -0.1) is 5.10 Å². The van der Waals surface area contributed by atoms with Gasteiger partial charge in [-0.05, 0) is 12.1 Å².